The zero-order chi connectivity index (χ0) is 18.7. The largest absolute Gasteiger partial charge is 0.419 e. The number of amides is 2. The van der Waals surface area contributed by atoms with E-state index in [0.29, 0.717) is 6.07 Å². The van der Waals surface area contributed by atoms with Crippen molar-refractivity contribution in [2.75, 3.05) is 0 Å². The lowest BCUT2D eigenvalue weighted by Gasteiger charge is -2.26. The zero-order valence-electron chi connectivity index (χ0n) is 13.8. The van der Waals surface area contributed by atoms with Gasteiger partial charge < -0.3 is 10.6 Å². The van der Waals surface area contributed by atoms with Crippen LogP contribution in [0.3, 0.4) is 0 Å². The van der Waals surface area contributed by atoms with E-state index < -0.39 is 35.5 Å². The van der Waals surface area contributed by atoms with Crippen molar-refractivity contribution in [2.24, 2.45) is 5.92 Å². The van der Waals surface area contributed by atoms with Gasteiger partial charge in [-0.3, -0.25) is 9.59 Å². The molecule has 0 saturated heterocycles. The lowest BCUT2D eigenvalue weighted by atomic mass is 10.0. The van der Waals surface area contributed by atoms with Crippen molar-refractivity contribution >= 4 is 11.8 Å². The molecule has 4 nitrogen and oxygen atoms in total. The van der Waals surface area contributed by atoms with Gasteiger partial charge in [-0.15, -0.1) is 0 Å². The highest BCUT2D eigenvalue weighted by molar-refractivity contribution is 5.91. The molecule has 1 rings (SSSR count). The first-order valence-electron chi connectivity index (χ1n) is 7.31. The van der Waals surface area contributed by atoms with E-state index in [4.69, 9.17) is 0 Å². The normalized spacial score (nSPS) is 12.2. The number of alkyl halides is 3. The molecule has 8 heteroatoms. The summed E-state index contributed by atoms with van der Waals surface area (Å²) in [5.74, 6) is -2.74. The van der Waals surface area contributed by atoms with Gasteiger partial charge >= 0.3 is 6.18 Å². The highest BCUT2D eigenvalue weighted by Gasteiger charge is 2.35. The highest BCUT2D eigenvalue weighted by atomic mass is 19.4. The number of nitrogens with one attached hydrogen (secondary N) is 2. The summed E-state index contributed by atoms with van der Waals surface area (Å²) in [5, 5.41) is 4.86. The molecule has 0 bridgehead atoms. The van der Waals surface area contributed by atoms with Crippen LogP contribution in [-0.4, -0.2) is 17.4 Å². The molecule has 134 valence electrons. The van der Waals surface area contributed by atoms with Crippen LogP contribution >= 0.6 is 0 Å². The number of rotatable bonds is 5. The molecule has 2 amide bonds. The first-order valence-corrected chi connectivity index (χ1v) is 7.31. The predicted molar refractivity (Wildman–Crippen MR) is 80.3 cm³/mol. The van der Waals surface area contributed by atoms with Gasteiger partial charge in [-0.25, -0.2) is 4.39 Å². The smallest absolute Gasteiger partial charge is 0.350 e. The summed E-state index contributed by atoms with van der Waals surface area (Å²) >= 11 is 0. The van der Waals surface area contributed by atoms with Crippen LogP contribution < -0.4 is 10.6 Å². The second-order valence-corrected chi connectivity index (χ2v) is 6.23. The second kappa shape index (κ2) is 7.19. The van der Waals surface area contributed by atoms with Crippen molar-refractivity contribution in [1.29, 1.82) is 0 Å². The van der Waals surface area contributed by atoms with Crippen LogP contribution in [0.15, 0.2) is 18.2 Å². The van der Waals surface area contributed by atoms with Gasteiger partial charge in [-0.2, -0.15) is 13.2 Å². The fourth-order valence-corrected chi connectivity index (χ4v) is 1.84. The van der Waals surface area contributed by atoms with E-state index in [1.165, 1.54) is 13.8 Å². The third-order valence-corrected chi connectivity index (χ3v) is 3.35. The SMILES string of the molecule is CC(C)C(=O)NC(C)(C)C(=O)NCc1cccc(C(F)(F)F)c1F. The molecule has 1 aromatic carbocycles. The van der Waals surface area contributed by atoms with Gasteiger partial charge in [0.2, 0.25) is 11.8 Å². The summed E-state index contributed by atoms with van der Waals surface area (Å²) < 4.78 is 51.9. The maximum atomic E-state index is 13.9. The lowest BCUT2D eigenvalue weighted by Crippen LogP contribution is -2.55. The molecule has 0 fully saturated rings. The molecule has 0 atom stereocenters. The Morgan fingerprint density at radius 2 is 1.75 bits per heavy atom. The molecule has 0 aliphatic rings. The fraction of sp³-hybridized carbons (Fsp3) is 0.500. The lowest BCUT2D eigenvalue weighted by molar-refractivity contribution is -0.140. The molecule has 0 aliphatic carbocycles. The Morgan fingerprint density at radius 1 is 1.17 bits per heavy atom. The molecule has 0 aliphatic heterocycles. The Morgan fingerprint density at radius 3 is 2.25 bits per heavy atom. The molecule has 0 spiro atoms. The minimum absolute atomic E-state index is 0.288. The Balaban J connectivity index is 2.83. The van der Waals surface area contributed by atoms with Crippen LogP contribution in [0.4, 0.5) is 17.6 Å². The zero-order valence-corrected chi connectivity index (χ0v) is 13.8. The van der Waals surface area contributed by atoms with Crippen LogP contribution in [0.1, 0.15) is 38.8 Å². The average molecular weight is 348 g/mol. The summed E-state index contributed by atoms with van der Waals surface area (Å²) in [6.45, 7) is 5.79. The van der Waals surface area contributed by atoms with E-state index in [1.807, 2.05) is 0 Å². The van der Waals surface area contributed by atoms with Gasteiger partial charge in [0.15, 0.2) is 0 Å². The standard InChI is InChI=1S/C16H20F4N2O2/c1-9(2)13(23)22-15(3,4)14(24)21-8-10-6-5-7-11(12(10)17)16(18,19)20/h5-7,9H,8H2,1-4H3,(H,21,24)(H,22,23). The van der Waals surface area contributed by atoms with Crippen molar-refractivity contribution in [2.45, 2.75) is 46.0 Å². The van der Waals surface area contributed by atoms with E-state index in [9.17, 15) is 27.2 Å². The molecular formula is C16H20F4N2O2. The van der Waals surface area contributed by atoms with Crippen LogP contribution in [0.25, 0.3) is 0 Å². The van der Waals surface area contributed by atoms with Crippen molar-refractivity contribution in [3.63, 3.8) is 0 Å². The van der Waals surface area contributed by atoms with E-state index in [0.717, 1.165) is 12.1 Å². The Labute approximate surface area is 137 Å². The summed E-state index contributed by atoms with van der Waals surface area (Å²) in [6, 6.07) is 2.86. The van der Waals surface area contributed by atoms with Crippen molar-refractivity contribution < 1.29 is 27.2 Å². The van der Waals surface area contributed by atoms with Crippen LogP contribution in [0.5, 0.6) is 0 Å². The molecular weight excluding hydrogens is 328 g/mol. The van der Waals surface area contributed by atoms with Crippen molar-refractivity contribution in [1.82, 2.24) is 10.6 Å². The van der Waals surface area contributed by atoms with Crippen molar-refractivity contribution in [3.05, 3.63) is 35.1 Å². The van der Waals surface area contributed by atoms with Gasteiger partial charge in [0, 0.05) is 18.0 Å². The first kappa shape index (κ1) is 19.9. The van der Waals surface area contributed by atoms with Gasteiger partial charge in [0.05, 0.1) is 5.56 Å². The maximum Gasteiger partial charge on any atom is 0.419 e. The molecule has 24 heavy (non-hydrogen) atoms. The molecule has 0 heterocycles. The number of benzene rings is 1. The van der Waals surface area contributed by atoms with Gasteiger partial charge in [0.25, 0.3) is 0 Å². The topological polar surface area (TPSA) is 58.2 Å². The van der Waals surface area contributed by atoms with Crippen LogP contribution in [0.2, 0.25) is 0 Å². The van der Waals surface area contributed by atoms with E-state index in [1.54, 1.807) is 13.8 Å². The molecule has 0 unspecified atom stereocenters. The van der Waals surface area contributed by atoms with Crippen molar-refractivity contribution in [3.8, 4) is 0 Å². The number of hydrogen-bond acceptors (Lipinski definition) is 2. The molecule has 2 N–H and O–H groups in total. The quantitative estimate of drug-likeness (QED) is 0.804. The first-order chi connectivity index (χ1) is 10.9. The summed E-state index contributed by atoms with van der Waals surface area (Å²) in [7, 11) is 0. The monoisotopic (exact) mass is 348 g/mol. The summed E-state index contributed by atoms with van der Waals surface area (Å²) in [6.07, 6.45) is -4.81. The molecule has 1 aromatic rings. The number of halogens is 4. The van der Waals surface area contributed by atoms with Crippen LogP contribution in [-0.2, 0) is 22.3 Å². The fourth-order valence-electron chi connectivity index (χ4n) is 1.84. The Kier molecular flexibility index (Phi) is 5.97. The maximum absolute atomic E-state index is 13.9. The van der Waals surface area contributed by atoms with Gasteiger partial charge in [0.1, 0.15) is 11.4 Å². The number of carbonyl (C=O) groups excluding carboxylic acids is 2. The molecule has 0 saturated carbocycles. The van der Waals surface area contributed by atoms with Crippen LogP contribution in [0, 0.1) is 11.7 Å². The highest BCUT2D eigenvalue weighted by Crippen LogP contribution is 2.32. The van der Waals surface area contributed by atoms with Gasteiger partial charge in [-0.05, 0) is 19.9 Å². The molecule has 0 radical (unpaired) electrons. The van der Waals surface area contributed by atoms with E-state index in [-0.39, 0.29) is 17.4 Å². The minimum Gasteiger partial charge on any atom is -0.350 e. The number of hydrogen-bond donors (Lipinski definition) is 2. The summed E-state index contributed by atoms with van der Waals surface area (Å²) in [4.78, 5) is 23.8. The second-order valence-electron chi connectivity index (χ2n) is 6.23. The predicted octanol–water partition coefficient (Wildman–Crippen LogP) is 3.01. The third kappa shape index (κ3) is 4.94. The third-order valence-electron chi connectivity index (χ3n) is 3.35. The van der Waals surface area contributed by atoms with E-state index >= 15 is 0 Å². The average Bonchev–Trinajstić information content (AvgIpc) is 2.43. The molecule has 0 aromatic heterocycles. The Hall–Kier alpha value is -2.12. The summed E-state index contributed by atoms with van der Waals surface area (Å²) in [5.41, 5.74) is -2.95. The number of carbonyl (C=O) groups is 2. The van der Waals surface area contributed by atoms with E-state index in [2.05, 4.69) is 10.6 Å². The Bertz CT molecular complexity index is 625. The minimum atomic E-state index is -4.81. The van der Waals surface area contributed by atoms with Gasteiger partial charge in [-0.1, -0.05) is 26.0 Å².